The lowest BCUT2D eigenvalue weighted by atomic mass is 9.77. The van der Waals surface area contributed by atoms with Gasteiger partial charge in [-0.15, -0.1) is 0 Å². The zero-order chi connectivity index (χ0) is 10.7. The summed E-state index contributed by atoms with van der Waals surface area (Å²) in [5, 5.41) is 9.14. The third-order valence-electron chi connectivity index (χ3n) is 3.15. The van der Waals surface area contributed by atoms with Crippen molar-refractivity contribution in [2.24, 2.45) is 5.92 Å². The summed E-state index contributed by atoms with van der Waals surface area (Å²) in [6.45, 7) is 0. The fourth-order valence-corrected chi connectivity index (χ4v) is 2.38. The summed E-state index contributed by atoms with van der Waals surface area (Å²) in [4.78, 5) is 15.4. The molecule has 1 fully saturated rings. The van der Waals surface area contributed by atoms with E-state index in [9.17, 15) is 4.79 Å². The molecule has 1 heterocycles. The first-order valence-electron chi connectivity index (χ1n) is 5.43. The number of aliphatic carboxylic acids is 1. The summed E-state index contributed by atoms with van der Waals surface area (Å²) in [6, 6.07) is 5.73. The minimum atomic E-state index is -0.676. The zero-order valence-corrected chi connectivity index (χ0v) is 8.60. The third-order valence-corrected chi connectivity index (χ3v) is 3.15. The largest absolute Gasteiger partial charge is 0.481 e. The van der Waals surface area contributed by atoms with Gasteiger partial charge in [0.2, 0.25) is 0 Å². The van der Waals surface area contributed by atoms with Crippen molar-refractivity contribution >= 4 is 5.97 Å². The number of carbonyl (C=O) groups is 1. The Hall–Kier alpha value is -1.38. The predicted octanol–water partition coefficient (Wildman–Crippen LogP) is 2.44. The molecule has 0 aromatic carbocycles. The van der Waals surface area contributed by atoms with E-state index in [4.69, 9.17) is 5.11 Å². The van der Waals surface area contributed by atoms with E-state index in [1.54, 1.807) is 6.20 Å². The Morgan fingerprint density at radius 3 is 2.80 bits per heavy atom. The maximum Gasteiger partial charge on any atom is 0.307 e. The van der Waals surface area contributed by atoms with Gasteiger partial charge < -0.3 is 5.11 Å². The second-order valence-corrected chi connectivity index (χ2v) is 4.09. The molecule has 2 unspecified atom stereocenters. The number of hydrogen-bond acceptors (Lipinski definition) is 2. The van der Waals surface area contributed by atoms with Gasteiger partial charge in [0.05, 0.1) is 5.92 Å². The van der Waals surface area contributed by atoms with Crippen molar-refractivity contribution in [1.82, 2.24) is 4.98 Å². The molecule has 0 radical (unpaired) electrons. The normalized spacial score (nSPS) is 26.1. The van der Waals surface area contributed by atoms with Crippen LogP contribution in [0.3, 0.4) is 0 Å². The Morgan fingerprint density at radius 2 is 2.13 bits per heavy atom. The van der Waals surface area contributed by atoms with Crippen LogP contribution in [-0.2, 0) is 4.79 Å². The monoisotopic (exact) mass is 205 g/mol. The summed E-state index contributed by atoms with van der Waals surface area (Å²) in [6.07, 6.45) is 5.62. The highest BCUT2D eigenvalue weighted by Gasteiger charge is 2.32. The van der Waals surface area contributed by atoms with E-state index < -0.39 is 5.97 Å². The highest BCUT2D eigenvalue weighted by atomic mass is 16.4. The molecule has 1 aliphatic rings. The van der Waals surface area contributed by atoms with E-state index in [2.05, 4.69) is 4.98 Å². The fourth-order valence-electron chi connectivity index (χ4n) is 2.38. The van der Waals surface area contributed by atoms with Crippen LogP contribution in [0.2, 0.25) is 0 Å². The van der Waals surface area contributed by atoms with Gasteiger partial charge in [-0.25, -0.2) is 0 Å². The van der Waals surface area contributed by atoms with E-state index in [-0.39, 0.29) is 11.8 Å². The number of aromatic nitrogens is 1. The molecule has 1 aromatic rings. The number of rotatable bonds is 2. The van der Waals surface area contributed by atoms with Crippen LogP contribution >= 0.6 is 0 Å². The fraction of sp³-hybridized carbons (Fsp3) is 0.500. The smallest absolute Gasteiger partial charge is 0.307 e. The molecule has 0 aliphatic heterocycles. The van der Waals surface area contributed by atoms with E-state index in [1.165, 1.54) is 0 Å². The molecule has 0 bridgehead atoms. The molecular weight excluding hydrogens is 190 g/mol. The molecule has 80 valence electrons. The van der Waals surface area contributed by atoms with Crippen molar-refractivity contribution in [3.63, 3.8) is 0 Å². The predicted molar refractivity (Wildman–Crippen MR) is 56.6 cm³/mol. The van der Waals surface area contributed by atoms with Crippen molar-refractivity contribution in [2.75, 3.05) is 0 Å². The van der Waals surface area contributed by atoms with E-state index in [0.717, 1.165) is 31.4 Å². The molecular formula is C12H15NO2. The molecule has 1 aromatic heterocycles. The number of carboxylic acids is 1. The summed E-state index contributed by atoms with van der Waals surface area (Å²) >= 11 is 0. The summed E-state index contributed by atoms with van der Waals surface area (Å²) < 4.78 is 0. The van der Waals surface area contributed by atoms with E-state index in [1.807, 2.05) is 18.2 Å². The lowest BCUT2D eigenvalue weighted by Gasteiger charge is -2.27. The van der Waals surface area contributed by atoms with Crippen molar-refractivity contribution in [2.45, 2.75) is 31.6 Å². The summed E-state index contributed by atoms with van der Waals surface area (Å²) in [5.41, 5.74) is 0.935. The van der Waals surface area contributed by atoms with Gasteiger partial charge in [0.15, 0.2) is 0 Å². The maximum absolute atomic E-state index is 11.1. The molecule has 0 spiro atoms. The summed E-state index contributed by atoms with van der Waals surface area (Å²) in [7, 11) is 0. The Morgan fingerprint density at radius 1 is 1.33 bits per heavy atom. The average Bonchev–Trinajstić information content (AvgIpc) is 2.30. The Kier molecular flexibility index (Phi) is 2.99. The van der Waals surface area contributed by atoms with Gasteiger partial charge in [-0.1, -0.05) is 18.9 Å². The van der Waals surface area contributed by atoms with E-state index >= 15 is 0 Å². The molecule has 1 saturated carbocycles. The number of nitrogens with zero attached hydrogens (tertiary/aromatic N) is 1. The lowest BCUT2D eigenvalue weighted by Crippen LogP contribution is -2.25. The number of hydrogen-bond donors (Lipinski definition) is 1. The van der Waals surface area contributed by atoms with Crippen LogP contribution in [0.1, 0.15) is 37.3 Å². The molecule has 3 heteroatoms. The Bertz CT molecular complexity index is 337. The van der Waals surface area contributed by atoms with Gasteiger partial charge in [-0.2, -0.15) is 0 Å². The van der Waals surface area contributed by atoms with Crippen LogP contribution in [0.25, 0.3) is 0 Å². The number of carboxylic acid groups (broad SMARTS) is 1. The van der Waals surface area contributed by atoms with Gasteiger partial charge >= 0.3 is 5.97 Å². The molecule has 1 aliphatic carbocycles. The van der Waals surface area contributed by atoms with Crippen LogP contribution < -0.4 is 0 Å². The van der Waals surface area contributed by atoms with Gasteiger partial charge in [0, 0.05) is 17.8 Å². The van der Waals surface area contributed by atoms with Gasteiger partial charge in [-0.05, 0) is 25.0 Å². The standard InChI is InChI=1S/C12H15NO2/c14-12(15)10-6-2-1-5-9(10)11-7-3-4-8-13-11/h3-4,7-10H,1-2,5-6H2,(H,14,15). The number of pyridine rings is 1. The second-order valence-electron chi connectivity index (χ2n) is 4.09. The zero-order valence-electron chi connectivity index (χ0n) is 8.60. The first kappa shape index (κ1) is 10.1. The molecule has 1 N–H and O–H groups in total. The molecule has 2 rings (SSSR count). The Balaban J connectivity index is 2.22. The molecule has 2 atom stereocenters. The highest BCUT2D eigenvalue weighted by molar-refractivity contribution is 5.71. The van der Waals surface area contributed by atoms with Gasteiger partial charge in [0.25, 0.3) is 0 Å². The summed E-state index contributed by atoms with van der Waals surface area (Å²) in [5.74, 6) is -0.809. The topological polar surface area (TPSA) is 50.2 Å². The van der Waals surface area contributed by atoms with Crippen LogP contribution in [0.4, 0.5) is 0 Å². The molecule has 0 saturated heterocycles. The minimum absolute atomic E-state index is 0.109. The van der Waals surface area contributed by atoms with Gasteiger partial charge in [0.1, 0.15) is 0 Å². The van der Waals surface area contributed by atoms with E-state index in [0.29, 0.717) is 0 Å². The SMILES string of the molecule is O=C(O)C1CCCCC1c1ccccn1. The minimum Gasteiger partial charge on any atom is -0.481 e. The van der Waals surface area contributed by atoms with Crippen molar-refractivity contribution in [3.8, 4) is 0 Å². The lowest BCUT2D eigenvalue weighted by molar-refractivity contribution is -0.143. The second kappa shape index (κ2) is 4.43. The molecule has 0 amide bonds. The molecule has 15 heavy (non-hydrogen) atoms. The highest BCUT2D eigenvalue weighted by Crippen LogP contribution is 2.36. The maximum atomic E-state index is 11.1. The van der Waals surface area contributed by atoms with Crippen LogP contribution in [0.15, 0.2) is 24.4 Å². The first-order chi connectivity index (χ1) is 7.29. The van der Waals surface area contributed by atoms with Crippen LogP contribution in [0, 0.1) is 5.92 Å². The third kappa shape index (κ3) is 2.17. The van der Waals surface area contributed by atoms with Crippen molar-refractivity contribution < 1.29 is 9.90 Å². The molecule has 3 nitrogen and oxygen atoms in total. The first-order valence-corrected chi connectivity index (χ1v) is 5.43. The quantitative estimate of drug-likeness (QED) is 0.806. The van der Waals surface area contributed by atoms with Crippen LogP contribution in [-0.4, -0.2) is 16.1 Å². The van der Waals surface area contributed by atoms with Crippen molar-refractivity contribution in [3.05, 3.63) is 30.1 Å². The Labute approximate surface area is 89.2 Å². The van der Waals surface area contributed by atoms with Crippen LogP contribution in [0.5, 0.6) is 0 Å². The van der Waals surface area contributed by atoms with Crippen molar-refractivity contribution in [1.29, 1.82) is 0 Å². The van der Waals surface area contributed by atoms with Gasteiger partial charge in [-0.3, -0.25) is 9.78 Å². The average molecular weight is 205 g/mol.